The van der Waals surface area contributed by atoms with Crippen molar-refractivity contribution in [2.75, 3.05) is 41.7 Å². The van der Waals surface area contributed by atoms with Crippen molar-refractivity contribution >= 4 is 46.3 Å². The van der Waals surface area contributed by atoms with Crippen molar-refractivity contribution in [1.29, 1.82) is 0 Å². The molecule has 0 radical (unpaired) electrons. The van der Waals surface area contributed by atoms with E-state index in [9.17, 15) is 14.0 Å². The second-order valence-electron chi connectivity index (χ2n) is 11.5. The van der Waals surface area contributed by atoms with Crippen LogP contribution in [0.3, 0.4) is 0 Å². The van der Waals surface area contributed by atoms with Crippen molar-refractivity contribution in [2.24, 2.45) is 0 Å². The van der Waals surface area contributed by atoms with Crippen molar-refractivity contribution < 1.29 is 18.7 Å². The van der Waals surface area contributed by atoms with Crippen LogP contribution in [0.4, 0.5) is 37.1 Å². The molecule has 3 N–H and O–H groups in total. The predicted molar refractivity (Wildman–Crippen MR) is 156 cm³/mol. The summed E-state index contributed by atoms with van der Waals surface area (Å²) in [4.78, 5) is 41.7. The molecule has 41 heavy (non-hydrogen) atoms. The molecular formula is C29H37FN8O3. The van der Waals surface area contributed by atoms with Crippen LogP contribution in [-0.4, -0.2) is 69.8 Å². The molecule has 1 aliphatic carbocycles. The first-order valence-corrected chi connectivity index (χ1v) is 14.1. The maximum absolute atomic E-state index is 14.6. The molecule has 0 spiro atoms. The Morgan fingerprint density at radius 2 is 1.71 bits per heavy atom. The average molecular weight is 565 g/mol. The van der Waals surface area contributed by atoms with E-state index in [2.05, 4.69) is 35.8 Å². The molecular weight excluding hydrogens is 527 g/mol. The van der Waals surface area contributed by atoms with Gasteiger partial charge in [-0.1, -0.05) is 19.3 Å². The molecule has 1 saturated heterocycles. The molecule has 5 rings (SSSR count). The van der Waals surface area contributed by atoms with Crippen molar-refractivity contribution in [3.05, 3.63) is 42.3 Å². The molecule has 11 nitrogen and oxygen atoms in total. The maximum Gasteiger partial charge on any atom is 0.410 e. The lowest BCUT2D eigenvalue weighted by Gasteiger charge is -2.36. The first-order chi connectivity index (χ1) is 19.6. The minimum Gasteiger partial charge on any atom is -0.444 e. The number of hydrogen-bond donors (Lipinski definition) is 3. The van der Waals surface area contributed by atoms with Crippen LogP contribution in [-0.2, 0) is 4.74 Å². The Balaban J connectivity index is 1.19. The summed E-state index contributed by atoms with van der Waals surface area (Å²) in [6.45, 7) is 8.19. The Labute approximate surface area is 238 Å². The summed E-state index contributed by atoms with van der Waals surface area (Å²) in [6, 6.07) is 8.72. The molecule has 3 aromatic rings. The van der Waals surface area contributed by atoms with Gasteiger partial charge in [-0.2, -0.15) is 4.98 Å². The molecule has 0 unspecified atom stereocenters. The van der Waals surface area contributed by atoms with Crippen molar-refractivity contribution in [3.63, 3.8) is 0 Å². The first-order valence-electron chi connectivity index (χ1n) is 14.1. The molecule has 1 saturated carbocycles. The summed E-state index contributed by atoms with van der Waals surface area (Å²) in [7, 11) is 0. The van der Waals surface area contributed by atoms with Gasteiger partial charge in [0.15, 0.2) is 17.3 Å². The summed E-state index contributed by atoms with van der Waals surface area (Å²) in [5.74, 6) is -0.525. The van der Waals surface area contributed by atoms with Gasteiger partial charge in [0, 0.05) is 55.2 Å². The normalized spacial score (nSPS) is 16.4. The zero-order chi connectivity index (χ0) is 29.0. The number of aromatic nitrogens is 3. The van der Waals surface area contributed by atoms with Gasteiger partial charge in [-0.05, 0) is 63.9 Å². The molecule has 0 bridgehead atoms. The fraction of sp³-hybridized carbons (Fsp3) is 0.483. The number of fused-ring (bicyclic) bond motifs is 1. The summed E-state index contributed by atoms with van der Waals surface area (Å²) in [5, 5.41) is 9.00. The number of benzene rings is 1. The van der Waals surface area contributed by atoms with E-state index in [0.29, 0.717) is 37.5 Å². The number of carbonyl (C=O) groups excluding carboxylic acids is 2. The molecule has 1 aromatic carbocycles. The van der Waals surface area contributed by atoms with Gasteiger partial charge in [-0.25, -0.2) is 23.9 Å². The second kappa shape index (κ2) is 12.1. The molecule has 218 valence electrons. The number of ether oxygens (including phenoxy) is 1. The van der Waals surface area contributed by atoms with E-state index in [1.165, 1.54) is 18.7 Å². The number of nitrogens with one attached hydrogen (secondary N) is 3. The molecule has 1 aliphatic heterocycles. The van der Waals surface area contributed by atoms with Crippen LogP contribution in [0.1, 0.15) is 52.9 Å². The van der Waals surface area contributed by atoms with Gasteiger partial charge in [-0.15, -0.1) is 0 Å². The number of piperazine rings is 1. The minimum atomic E-state index is -0.650. The molecule has 12 heteroatoms. The zero-order valence-electron chi connectivity index (χ0n) is 23.7. The third-order valence-corrected chi connectivity index (χ3v) is 7.11. The first kappa shape index (κ1) is 28.3. The Morgan fingerprint density at radius 3 is 2.39 bits per heavy atom. The van der Waals surface area contributed by atoms with Crippen LogP contribution in [0.25, 0.3) is 11.0 Å². The van der Waals surface area contributed by atoms with Crippen LogP contribution in [0.15, 0.2) is 36.5 Å². The topological polar surface area (TPSA) is 125 Å². The minimum absolute atomic E-state index is 0.0959. The molecule has 0 atom stereocenters. The maximum atomic E-state index is 14.6. The zero-order valence-corrected chi connectivity index (χ0v) is 23.7. The van der Waals surface area contributed by atoms with Gasteiger partial charge in [0.05, 0.1) is 0 Å². The van der Waals surface area contributed by atoms with Crippen molar-refractivity contribution in [1.82, 2.24) is 25.2 Å². The fourth-order valence-corrected chi connectivity index (χ4v) is 5.02. The third kappa shape index (κ3) is 7.50. The number of nitrogens with zero attached hydrogens (tertiary/aromatic N) is 5. The Bertz CT molecular complexity index is 1380. The van der Waals surface area contributed by atoms with E-state index in [1.807, 2.05) is 45.0 Å². The molecule has 2 aromatic heterocycles. The second-order valence-corrected chi connectivity index (χ2v) is 11.5. The van der Waals surface area contributed by atoms with E-state index >= 15 is 0 Å². The lowest BCUT2D eigenvalue weighted by molar-refractivity contribution is 0.0240. The fourth-order valence-electron chi connectivity index (χ4n) is 5.02. The highest BCUT2D eigenvalue weighted by Crippen LogP contribution is 2.24. The van der Waals surface area contributed by atoms with Gasteiger partial charge in [-0.3, -0.25) is 5.32 Å². The van der Waals surface area contributed by atoms with E-state index < -0.39 is 17.4 Å². The highest BCUT2D eigenvalue weighted by Gasteiger charge is 2.26. The Kier molecular flexibility index (Phi) is 8.36. The average Bonchev–Trinajstić information content (AvgIpc) is 2.94. The SMILES string of the molecule is CC(C)(C)OC(=O)N1CCN(c2ccc(Nc3ncc4cc(F)c(NC(=O)NC5CCCCC5)nc4n3)cc2)CC1. The van der Waals surface area contributed by atoms with E-state index in [0.717, 1.165) is 37.1 Å². The number of urea groups is 1. The van der Waals surface area contributed by atoms with Gasteiger partial charge < -0.3 is 25.2 Å². The van der Waals surface area contributed by atoms with Crippen LogP contribution < -0.4 is 20.9 Å². The standard InChI is InChI=1S/C29H37FN8O3/c1-29(2,3)41-28(40)38-15-13-37(14-16-38)22-11-9-21(10-12-22)32-26-31-18-19-17-23(30)25(34-24(19)35-26)36-27(39)33-20-7-5-4-6-8-20/h9-12,17-18,20H,4-8,13-16H2,1-3H3,(H3,31,32,33,34,35,36,39). The number of hydrogen-bond acceptors (Lipinski definition) is 8. The van der Waals surface area contributed by atoms with Crippen molar-refractivity contribution in [2.45, 2.75) is 64.5 Å². The van der Waals surface area contributed by atoms with E-state index in [1.54, 1.807) is 4.90 Å². The van der Waals surface area contributed by atoms with E-state index in [-0.39, 0.29) is 23.6 Å². The van der Waals surface area contributed by atoms with Crippen LogP contribution in [0.5, 0.6) is 0 Å². The number of halogens is 1. The molecule has 3 amide bonds. The number of rotatable bonds is 5. The lowest BCUT2D eigenvalue weighted by Crippen LogP contribution is -2.50. The monoisotopic (exact) mass is 564 g/mol. The summed E-state index contributed by atoms with van der Waals surface area (Å²) >= 11 is 0. The number of anilines is 4. The third-order valence-electron chi connectivity index (χ3n) is 7.11. The quantitative estimate of drug-likeness (QED) is 0.375. The number of amides is 3. The highest BCUT2D eigenvalue weighted by molar-refractivity contribution is 5.90. The highest BCUT2D eigenvalue weighted by atomic mass is 19.1. The number of pyridine rings is 1. The molecule has 2 aliphatic rings. The van der Waals surface area contributed by atoms with Crippen molar-refractivity contribution in [3.8, 4) is 0 Å². The van der Waals surface area contributed by atoms with Crippen LogP contribution in [0, 0.1) is 5.82 Å². The Morgan fingerprint density at radius 1 is 1.00 bits per heavy atom. The Hall–Kier alpha value is -4.22. The van der Waals surface area contributed by atoms with Crippen LogP contribution in [0.2, 0.25) is 0 Å². The van der Waals surface area contributed by atoms with Crippen LogP contribution >= 0.6 is 0 Å². The number of carbonyl (C=O) groups is 2. The smallest absolute Gasteiger partial charge is 0.410 e. The summed E-state index contributed by atoms with van der Waals surface area (Å²) < 4.78 is 20.1. The van der Waals surface area contributed by atoms with Gasteiger partial charge in [0.25, 0.3) is 0 Å². The molecule has 2 fully saturated rings. The lowest BCUT2D eigenvalue weighted by atomic mass is 9.96. The largest absolute Gasteiger partial charge is 0.444 e. The summed E-state index contributed by atoms with van der Waals surface area (Å²) in [5.41, 5.74) is 1.56. The van der Waals surface area contributed by atoms with Gasteiger partial charge in [0.2, 0.25) is 5.95 Å². The molecule has 3 heterocycles. The van der Waals surface area contributed by atoms with Gasteiger partial charge >= 0.3 is 12.1 Å². The predicted octanol–water partition coefficient (Wildman–Crippen LogP) is 5.42. The summed E-state index contributed by atoms with van der Waals surface area (Å²) in [6.07, 6.45) is 6.39. The van der Waals surface area contributed by atoms with Gasteiger partial charge in [0.1, 0.15) is 5.60 Å². The van der Waals surface area contributed by atoms with E-state index in [4.69, 9.17) is 4.74 Å².